The second-order valence-corrected chi connectivity index (χ2v) is 6.76. The Hall–Kier alpha value is -1.65. The van der Waals surface area contributed by atoms with Gasteiger partial charge in [0, 0.05) is 17.1 Å². The highest BCUT2D eigenvalue weighted by Gasteiger charge is 2.09. The highest BCUT2D eigenvalue weighted by Crippen LogP contribution is 2.20. The van der Waals surface area contributed by atoms with Crippen LogP contribution < -0.4 is 5.32 Å². The summed E-state index contributed by atoms with van der Waals surface area (Å²) in [6, 6.07) is 12.3. The average Bonchev–Trinajstić information content (AvgIpc) is 2.99. The molecule has 0 unspecified atom stereocenters. The van der Waals surface area contributed by atoms with Crippen molar-refractivity contribution in [3.05, 3.63) is 52.2 Å². The number of amides is 1. The number of hydrogen-bond donors (Lipinski definition) is 1. The number of anilines is 1. The summed E-state index contributed by atoms with van der Waals surface area (Å²) in [6.07, 6.45) is 1.12. The first kappa shape index (κ1) is 16.7. The highest BCUT2D eigenvalue weighted by molar-refractivity contribution is 7.09. The number of rotatable bonds is 7. The van der Waals surface area contributed by atoms with Gasteiger partial charge in [-0.2, -0.15) is 0 Å². The first-order valence-electron chi connectivity index (χ1n) is 7.69. The van der Waals surface area contributed by atoms with Crippen molar-refractivity contribution in [2.24, 2.45) is 0 Å². The standard InChI is InChI=1S/C18H24N2OS/c1-4-14(2)15-7-9-16(10-8-15)19-18(21)13-20(3)12-17-6-5-11-22-17/h5-11,14H,4,12-13H2,1-3H3,(H,19,21)/t14-/m0/s1. The van der Waals surface area contributed by atoms with E-state index in [0.717, 1.165) is 18.7 Å². The van der Waals surface area contributed by atoms with Crippen molar-refractivity contribution in [3.63, 3.8) is 0 Å². The summed E-state index contributed by atoms with van der Waals surface area (Å²) in [6.45, 7) is 5.60. The number of benzene rings is 1. The molecule has 0 saturated carbocycles. The molecular weight excluding hydrogens is 292 g/mol. The van der Waals surface area contributed by atoms with Crippen molar-refractivity contribution in [3.8, 4) is 0 Å². The van der Waals surface area contributed by atoms with Crippen LogP contribution in [-0.2, 0) is 11.3 Å². The molecule has 3 nitrogen and oxygen atoms in total. The van der Waals surface area contributed by atoms with E-state index in [2.05, 4.69) is 42.7 Å². The zero-order chi connectivity index (χ0) is 15.9. The summed E-state index contributed by atoms with van der Waals surface area (Å²) in [4.78, 5) is 15.4. The third-order valence-electron chi connectivity index (χ3n) is 3.80. The molecule has 118 valence electrons. The Labute approximate surface area is 137 Å². The lowest BCUT2D eigenvalue weighted by molar-refractivity contribution is -0.117. The van der Waals surface area contributed by atoms with Gasteiger partial charge in [0.15, 0.2) is 0 Å². The zero-order valence-corrected chi connectivity index (χ0v) is 14.3. The minimum absolute atomic E-state index is 0.0235. The van der Waals surface area contributed by atoms with Crippen molar-refractivity contribution in [2.75, 3.05) is 18.9 Å². The molecule has 0 saturated heterocycles. The van der Waals surface area contributed by atoms with Gasteiger partial charge in [-0.25, -0.2) is 0 Å². The Bertz CT molecular complexity index is 578. The highest BCUT2D eigenvalue weighted by atomic mass is 32.1. The fraction of sp³-hybridized carbons (Fsp3) is 0.389. The molecule has 1 aromatic carbocycles. The summed E-state index contributed by atoms with van der Waals surface area (Å²) in [7, 11) is 1.96. The lowest BCUT2D eigenvalue weighted by Crippen LogP contribution is -2.29. The van der Waals surface area contributed by atoms with E-state index < -0.39 is 0 Å². The van der Waals surface area contributed by atoms with Gasteiger partial charge in [0.1, 0.15) is 0 Å². The van der Waals surface area contributed by atoms with Crippen molar-refractivity contribution < 1.29 is 4.79 Å². The lowest BCUT2D eigenvalue weighted by atomic mass is 9.99. The smallest absolute Gasteiger partial charge is 0.238 e. The summed E-state index contributed by atoms with van der Waals surface area (Å²) >= 11 is 1.72. The minimum Gasteiger partial charge on any atom is -0.325 e. The van der Waals surface area contributed by atoms with E-state index in [0.29, 0.717) is 12.5 Å². The van der Waals surface area contributed by atoms with E-state index in [1.807, 2.05) is 30.1 Å². The third-order valence-corrected chi connectivity index (χ3v) is 4.66. The lowest BCUT2D eigenvalue weighted by Gasteiger charge is -2.15. The molecule has 1 aromatic heterocycles. The normalized spacial score (nSPS) is 12.4. The molecule has 22 heavy (non-hydrogen) atoms. The molecule has 0 aliphatic rings. The topological polar surface area (TPSA) is 32.3 Å². The largest absolute Gasteiger partial charge is 0.325 e. The number of nitrogens with one attached hydrogen (secondary N) is 1. The number of carbonyl (C=O) groups excluding carboxylic acids is 1. The minimum atomic E-state index is 0.0235. The number of carbonyl (C=O) groups is 1. The molecule has 2 aromatic rings. The van der Waals surface area contributed by atoms with Crippen molar-refractivity contribution >= 4 is 22.9 Å². The quantitative estimate of drug-likeness (QED) is 0.824. The monoisotopic (exact) mass is 316 g/mol. The van der Waals surface area contributed by atoms with Gasteiger partial charge in [0.25, 0.3) is 0 Å². The Morgan fingerprint density at radius 3 is 2.59 bits per heavy atom. The van der Waals surface area contributed by atoms with Gasteiger partial charge in [-0.1, -0.05) is 32.0 Å². The van der Waals surface area contributed by atoms with Crippen LogP contribution in [0.2, 0.25) is 0 Å². The number of likely N-dealkylation sites (N-methyl/N-ethyl adjacent to an activating group) is 1. The molecular formula is C18H24N2OS. The predicted molar refractivity (Wildman–Crippen MR) is 94.4 cm³/mol. The molecule has 0 bridgehead atoms. The van der Waals surface area contributed by atoms with Crippen LogP contribution in [0.4, 0.5) is 5.69 Å². The molecule has 1 atom stereocenters. The average molecular weight is 316 g/mol. The fourth-order valence-corrected chi connectivity index (χ4v) is 3.08. The maximum absolute atomic E-state index is 12.1. The summed E-state index contributed by atoms with van der Waals surface area (Å²) < 4.78 is 0. The Morgan fingerprint density at radius 2 is 2.00 bits per heavy atom. The van der Waals surface area contributed by atoms with Gasteiger partial charge >= 0.3 is 0 Å². The van der Waals surface area contributed by atoms with Crippen LogP contribution in [0, 0.1) is 0 Å². The van der Waals surface area contributed by atoms with Crippen molar-refractivity contribution in [1.29, 1.82) is 0 Å². The van der Waals surface area contributed by atoms with Crippen LogP contribution in [0.5, 0.6) is 0 Å². The van der Waals surface area contributed by atoms with Gasteiger partial charge in [0.05, 0.1) is 6.54 Å². The van der Waals surface area contributed by atoms with E-state index in [-0.39, 0.29) is 5.91 Å². The number of thiophene rings is 1. The second kappa shape index (κ2) is 8.11. The van der Waals surface area contributed by atoms with Crippen LogP contribution >= 0.6 is 11.3 Å². The molecule has 1 amide bonds. The van der Waals surface area contributed by atoms with Gasteiger partial charge in [-0.15, -0.1) is 11.3 Å². The van der Waals surface area contributed by atoms with E-state index in [1.54, 1.807) is 11.3 Å². The molecule has 0 fully saturated rings. The Balaban J connectivity index is 1.83. The molecule has 0 aliphatic heterocycles. The van der Waals surface area contributed by atoms with Crippen LogP contribution in [0.25, 0.3) is 0 Å². The Kier molecular flexibility index (Phi) is 6.16. The SMILES string of the molecule is CC[C@H](C)c1ccc(NC(=O)CN(C)Cc2cccs2)cc1. The van der Waals surface area contributed by atoms with Crippen LogP contribution in [0.3, 0.4) is 0 Å². The molecule has 1 heterocycles. The molecule has 4 heteroatoms. The van der Waals surface area contributed by atoms with Gasteiger partial charge in [-0.3, -0.25) is 9.69 Å². The first-order valence-corrected chi connectivity index (χ1v) is 8.57. The van der Waals surface area contributed by atoms with Crippen molar-refractivity contribution in [1.82, 2.24) is 4.90 Å². The van der Waals surface area contributed by atoms with Crippen molar-refractivity contribution in [2.45, 2.75) is 32.7 Å². The van der Waals surface area contributed by atoms with E-state index in [1.165, 1.54) is 10.4 Å². The summed E-state index contributed by atoms with van der Waals surface area (Å²) in [5.41, 5.74) is 2.18. The van der Waals surface area contributed by atoms with Crippen LogP contribution in [0.1, 0.15) is 36.6 Å². The van der Waals surface area contributed by atoms with Gasteiger partial charge < -0.3 is 5.32 Å². The van der Waals surface area contributed by atoms with Crippen LogP contribution in [0.15, 0.2) is 41.8 Å². The Morgan fingerprint density at radius 1 is 1.27 bits per heavy atom. The molecule has 0 spiro atoms. The number of nitrogens with zero attached hydrogens (tertiary/aromatic N) is 1. The molecule has 0 radical (unpaired) electrons. The third kappa shape index (κ3) is 4.97. The zero-order valence-electron chi connectivity index (χ0n) is 13.5. The molecule has 2 rings (SSSR count). The van der Waals surface area contributed by atoms with E-state index >= 15 is 0 Å². The number of hydrogen-bond acceptors (Lipinski definition) is 3. The van der Waals surface area contributed by atoms with E-state index in [9.17, 15) is 4.79 Å². The van der Waals surface area contributed by atoms with Gasteiger partial charge in [0.2, 0.25) is 5.91 Å². The summed E-state index contributed by atoms with van der Waals surface area (Å²) in [5.74, 6) is 0.581. The van der Waals surface area contributed by atoms with Gasteiger partial charge in [-0.05, 0) is 48.5 Å². The fourth-order valence-electron chi connectivity index (χ4n) is 2.30. The second-order valence-electron chi connectivity index (χ2n) is 5.73. The molecule has 0 aliphatic carbocycles. The maximum Gasteiger partial charge on any atom is 0.238 e. The summed E-state index contributed by atoms with van der Waals surface area (Å²) in [5, 5.41) is 5.02. The van der Waals surface area contributed by atoms with Crippen LogP contribution in [-0.4, -0.2) is 24.4 Å². The first-order chi connectivity index (χ1) is 10.6. The maximum atomic E-state index is 12.1. The molecule has 1 N–H and O–H groups in total. The predicted octanol–water partition coefficient (Wildman–Crippen LogP) is 4.33. The van der Waals surface area contributed by atoms with E-state index in [4.69, 9.17) is 0 Å².